The van der Waals surface area contributed by atoms with Gasteiger partial charge in [-0.05, 0) is 38.0 Å². The molecule has 2 aromatic rings. The average molecular weight is 292 g/mol. The molecular formula is C16H22ClN3. The van der Waals surface area contributed by atoms with Gasteiger partial charge >= 0.3 is 0 Å². The zero-order chi connectivity index (χ0) is 14.5. The minimum atomic E-state index is 0.309. The molecule has 0 aliphatic carbocycles. The van der Waals surface area contributed by atoms with Gasteiger partial charge < -0.3 is 9.88 Å². The number of aromatic nitrogens is 2. The fraction of sp³-hybridized carbons (Fsp3) is 0.438. The quantitative estimate of drug-likeness (QED) is 0.857. The first kappa shape index (κ1) is 15.1. The van der Waals surface area contributed by atoms with Crippen LogP contribution in [0.4, 0.5) is 0 Å². The minimum Gasteiger partial charge on any atom is -0.331 e. The molecule has 4 heteroatoms. The first-order valence-corrected chi connectivity index (χ1v) is 7.49. The molecule has 1 aromatic carbocycles. The van der Waals surface area contributed by atoms with Crippen molar-refractivity contribution in [2.24, 2.45) is 0 Å². The van der Waals surface area contributed by atoms with Crippen LogP contribution < -0.4 is 5.32 Å². The van der Waals surface area contributed by atoms with Gasteiger partial charge in [0, 0.05) is 29.8 Å². The zero-order valence-electron chi connectivity index (χ0n) is 12.3. The third kappa shape index (κ3) is 3.62. The van der Waals surface area contributed by atoms with Crippen molar-refractivity contribution < 1.29 is 0 Å². The molecule has 3 nitrogen and oxygen atoms in total. The van der Waals surface area contributed by atoms with Gasteiger partial charge in [0.2, 0.25) is 0 Å². The van der Waals surface area contributed by atoms with E-state index in [1.165, 1.54) is 11.3 Å². The summed E-state index contributed by atoms with van der Waals surface area (Å²) in [6.07, 6.45) is 4.84. The Labute approximate surface area is 126 Å². The number of hydrogen-bond acceptors (Lipinski definition) is 2. The van der Waals surface area contributed by atoms with Gasteiger partial charge in [-0.2, -0.15) is 0 Å². The summed E-state index contributed by atoms with van der Waals surface area (Å²) < 4.78 is 2.19. The van der Waals surface area contributed by atoms with E-state index in [9.17, 15) is 0 Å². The van der Waals surface area contributed by atoms with Crippen molar-refractivity contribution in [1.82, 2.24) is 14.9 Å². The van der Waals surface area contributed by atoms with Crippen LogP contribution >= 0.6 is 11.6 Å². The number of hydrogen-bond donors (Lipinski definition) is 1. The highest BCUT2D eigenvalue weighted by molar-refractivity contribution is 6.30. The van der Waals surface area contributed by atoms with Gasteiger partial charge in [-0.1, -0.05) is 30.7 Å². The number of imidazole rings is 1. The molecule has 1 heterocycles. The molecule has 0 spiro atoms. The maximum atomic E-state index is 6.07. The van der Waals surface area contributed by atoms with Crippen LogP contribution in [-0.2, 0) is 6.54 Å². The zero-order valence-corrected chi connectivity index (χ0v) is 13.1. The Morgan fingerprint density at radius 1 is 1.35 bits per heavy atom. The van der Waals surface area contributed by atoms with Crippen molar-refractivity contribution >= 4 is 11.6 Å². The molecule has 0 bridgehead atoms. The lowest BCUT2D eigenvalue weighted by atomic mass is 10.0. The first-order valence-electron chi connectivity index (χ1n) is 7.11. The van der Waals surface area contributed by atoms with E-state index in [-0.39, 0.29) is 0 Å². The van der Waals surface area contributed by atoms with Crippen LogP contribution in [-0.4, -0.2) is 9.55 Å². The standard InChI is InChI=1S/C16H22ClN3/c1-4-16(13-6-5-7-14(17)8-13)19-10-15-9-18-11-20(15)12(2)3/h5-9,11-12,16,19H,4,10H2,1-3H3. The second kappa shape index (κ2) is 6.91. The van der Waals surface area contributed by atoms with E-state index in [1.807, 2.05) is 30.7 Å². The smallest absolute Gasteiger partial charge is 0.0951 e. The normalized spacial score (nSPS) is 12.8. The van der Waals surface area contributed by atoms with Gasteiger partial charge in [0.1, 0.15) is 0 Å². The predicted octanol–water partition coefficient (Wildman–Crippen LogP) is 4.36. The number of nitrogens with zero attached hydrogens (tertiary/aromatic N) is 2. The summed E-state index contributed by atoms with van der Waals surface area (Å²) in [6.45, 7) is 7.32. The van der Waals surface area contributed by atoms with E-state index < -0.39 is 0 Å². The highest BCUT2D eigenvalue weighted by Crippen LogP contribution is 2.21. The Bertz CT molecular complexity index is 548. The van der Waals surface area contributed by atoms with Crippen LogP contribution in [0.3, 0.4) is 0 Å². The fourth-order valence-electron chi connectivity index (χ4n) is 2.38. The topological polar surface area (TPSA) is 29.9 Å². The fourth-order valence-corrected chi connectivity index (χ4v) is 2.58. The highest BCUT2D eigenvalue weighted by Gasteiger charge is 2.11. The monoisotopic (exact) mass is 291 g/mol. The number of benzene rings is 1. The second-order valence-corrected chi connectivity index (χ2v) is 5.72. The van der Waals surface area contributed by atoms with E-state index in [1.54, 1.807) is 0 Å². The largest absolute Gasteiger partial charge is 0.331 e. The summed E-state index contributed by atoms with van der Waals surface area (Å²) >= 11 is 6.07. The Kier molecular flexibility index (Phi) is 5.21. The molecule has 0 saturated heterocycles. The van der Waals surface area contributed by atoms with Crippen molar-refractivity contribution in [3.8, 4) is 0 Å². The summed E-state index contributed by atoms with van der Waals surface area (Å²) in [5.74, 6) is 0. The predicted molar refractivity (Wildman–Crippen MR) is 83.9 cm³/mol. The van der Waals surface area contributed by atoms with Crippen LogP contribution in [0.5, 0.6) is 0 Å². The summed E-state index contributed by atoms with van der Waals surface area (Å²) in [6, 6.07) is 8.80. The molecule has 0 radical (unpaired) electrons. The lowest BCUT2D eigenvalue weighted by molar-refractivity contribution is 0.488. The van der Waals surface area contributed by atoms with E-state index >= 15 is 0 Å². The van der Waals surface area contributed by atoms with Gasteiger partial charge in [-0.3, -0.25) is 0 Å². The van der Waals surface area contributed by atoms with Crippen molar-refractivity contribution in [2.75, 3.05) is 0 Å². The van der Waals surface area contributed by atoms with Gasteiger partial charge in [0.25, 0.3) is 0 Å². The molecule has 0 aliphatic heterocycles. The number of rotatable bonds is 6. The number of halogens is 1. The maximum Gasteiger partial charge on any atom is 0.0951 e. The van der Waals surface area contributed by atoms with Crippen LogP contribution in [0.2, 0.25) is 5.02 Å². The third-order valence-electron chi connectivity index (χ3n) is 3.49. The Morgan fingerprint density at radius 2 is 2.15 bits per heavy atom. The van der Waals surface area contributed by atoms with Crippen LogP contribution in [0.25, 0.3) is 0 Å². The van der Waals surface area contributed by atoms with Gasteiger partial charge in [0.05, 0.1) is 12.0 Å². The number of nitrogens with one attached hydrogen (secondary N) is 1. The van der Waals surface area contributed by atoms with Crippen molar-refractivity contribution in [1.29, 1.82) is 0 Å². The Balaban J connectivity index is 2.06. The highest BCUT2D eigenvalue weighted by atomic mass is 35.5. The molecule has 0 saturated carbocycles. The van der Waals surface area contributed by atoms with Gasteiger partial charge in [-0.15, -0.1) is 0 Å². The molecule has 0 fully saturated rings. The minimum absolute atomic E-state index is 0.309. The van der Waals surface area contributed by atoms with E-state index in [2.05, 4.69) is 41.7 Å². The lowest BCUT2D eigenvalue weighted by Crippen LogP contribution is -2.22. The summed E-state index contributed by atoms with van der Waals surface area (Å²) in [7, 11) is 0. The van der Waals surface area contributed by atoms with Crippen molar-refractivity contribution in [2.45, 2.75) is 45.8 Å². The third-order valence-corrected chi connectivity index (χ3v) is 3.73. The average Bonchev–Trinajstić information content (AvgIpc) is 2.88. The van der Waals surface area contributed by atoms with Crippen LogP contribution in [0.15, 0.2) is 36.8 Å². The molecular weight excluding hydrogens is 270 g/mol. The summed E-state index contributed by atoms with van der Waals surface area (Å²) in [4.78, 5) is 4.24. The molecule has 20 heavy (non-hydrogen) atoms. The molecule has 1 atom stereocenters. The van der Waals surface area contributed by atoms with Crippen LogP contribution in [0.1, 0.15) is 50.5 Å². The molecule has 1 N–H and O–H groups in total. The molecule has 108 valence electrons. The Hall–Kier alpha value is -1.32. The van der Waals surface area contributed by atoms with Crippen LogP contribution in [0, 0.1) is 0 Å². The molecule has 0 aliphatic rings. The maximum absolute atomic E-state index is 6.07. The van der Waals surface area contributed by atoms with Crippen molar-refractivity contribution in [3.63, 3.8) is 0 Å². The van der Waals surface area contributed by atoms with E-state index in [0.717, 1.165) is 18.0 Å². The van der Waals surface area contributed by atoms with E-state index in [0.29, 0.717) is 12.1 Å². The lowest BCUT2D eigenvalue weighted by Gasteiger charge is -2.19. The summed E-state index contributed by atoms with van der Waals surface area (Å²) in [5, 5.41) is 4.38. The SMILES string of the molecule is CCC(NCc1cncn1C(C)C)c1cccc(Cl)c1. The molecule has 1 aromatic heterocycles. The van der Waals surface area contributed by atoms with Crippen molar-refractivity contribution in [3.05, 3.63) is 53.1 Å². The second-order valence-electron chi connectivity index (χ2n) is 5.28. The molecule has 0 amide bonds. The molecule has 1 unspecified atom stereocenters. The van der Waals surface area contributed by atoms with Gasteiger partial charge in [-0.25, -0.2) is 4.98 Å². The van der Waals surface area contributed by atoms with Gasteiger partial charge in [0.15, 0.2) is 0 Å². The first-order chi connectivity index (χ1) is 9.61. The van der Waals surface area contributed by atoms with E-state index in [4.69, 9.17) is 11.6 Å². The summed E-state index contributed by atoms with van der Waals surface area (Å²) in [5.41, 5.74) is 2.44. The Morgan fingerprint density at radius 3 is 2.80 bits per heavy atom. The molecule has 2 rings (SSSR count).